The van der Waals surface area contributed by atoms with Crippen molar-refractivity contribution < 1.29 is 18.3 Å². The Labute approximate surface area is 213 Å². The van der Waals surface area contributed by atoms with Crippen LogP contribution >= 0.6 is 11.6 Å². The minimum atomic E-state index is -1.72. The summed E-state index contributed by atoms with van der Waals surface area (Å²) in [6.07, 6.45) is -0.236. The van der Waals surface area contributed by atoms with Crippen LogP contribution in [0.2, 0.25) is 5.02 Å². The number of para-hydroxylation sites is 1. The Morgan fingerprint density at radius 2 is 2.06 bits per heavy atom. The Bertz CT molecular complexity index is 1460. The van der Waals surface area contributed by atoms with Crippen LogP contribution in [0.15, 0.2) is 42.7 Å². The van der Waals surface area contributed by atoms with Gasteiger partial charge in [0, 0.05) is 22.1 Å². The number of hydrogen-bond donors (Lipinski definition) is 1. The first-order valence-electron chi connectivity index (χ1n) is 11.3. The van der Waals surface area contributed by atoms with Crippen LogP contribution in [-0.2, 0) is 16.8 Å². The molecule has 4 aromatic rings. The average molecular weight is 512 g/mol. The van der Waals surface area contributed by atoms with Gasteiger partial charge in [0.1, 0.15) is 43.7 Å². The molecule has 0 fully saturated rings. The second-order valence-corrected chi connectivity index (χ2v) is 9.49. The SMILES string of the molecule is B[C@@](C)(NC(=O)[C@@H](C)F)c1cc(F)cc(Cl)c1COc1cccc2c(-n3ncnc3C)cc(C)nc12. The molecule has 36 heavy (non-hydrogen) atoms. The molecule has 2 aromatic carbocycles. The normalized spacial score (nSPS) is 13.9. The predicted molar refractivity (Wildman–Crippen MR) is 136 cm³/mol. The molecule has 0 unspecified atom stereocenters. The van der Waals surface area contributed by atoms with Crippen molar-refractivity contribution in [3.63, 3.8) is 0 Å². The Morgan fingerprint density at radius 3 is 2.72 bits per heavy atom. The van der Waals surface area contributed by atoms with Gasteiger partial charge in [-0.3, -0.25) is 4.79 Å². The molecule has 0 saturated heterocycles. The summed E-state index contributed by atoms with van der Waals surface area (Å²) in [5, 5.41) is 7.86. The van der Waals surface area contributed by atoms with Crippen molar-refractivity contribution in [1.82, 2.24) is 25.1 Å². The fraction of sp³-hybridized carbons (Fsp3) is 0.280. The Balaban J connectivity index is 1.74. The van der Waals surface area contributed by atoms with Gasteiger partial charge in [-0.15, -0.1) is 0 Å². The maximum atomic E-state index is 14.3. The molecule has 0 radical (unpaired) electrons. The van der Waals surface area contributed by atoms with Gasteiger partial charge in [0.2, 0.25) is 0 Å². The van der Waals surface area contributed by atoms with Gasteiger partial charge in [-0.2, -0.15) is 5.10 Å². The molecule has 2 aromatic heterocycles. The van der Waals surface area contributed by atoms with Crippen LogP contribution in [0, 0.1) is 19.7 Å². The number of halogens is 3. The summed E-state index contributed by atoms with van der Waals surface area (Å²) in [5.41, 5.74) is 1.90. The van der Waals surface area contributed by atoms with Crippen molar-refractivity contribution in [3.8, 4) is 11.4 Å². The van der Waals surface area contributed by atoms with E-state index in [4.69, 9.17) is 16.3 Å². The third-order valence-electron chi connectivity index (χ3n) is 5.86. The van der Waals surface area contributed by atoms with E-state index in [1.165, 1.54) is 18.5 Å². The highest BCUT2D eigenvalue weighted by Crippen LogP contribution is 2.33. The minimum Gasteiger partial charge on any atom is -0.487 e. The number of benzene rings is 2. The quantitative estimate of drug-likeness (QED) is 0.378. The molecule has 1 amide bonds. The van der Waals surface area contributed by atoms with Gasteiger partial charge in [-0.25, -0.2) is 23.4 Å². The largest absolute Gasteiger partial charge is 0.487 e. The maximum absolute atomic E-state index is 14.3. The van der Waals surface area contributed by atoms with E-state index in [0.717, 1.165) is 29.5 Å². The fourth-order valence-electron chi connectivity index (χ4n) is 4.09. The Morgan fingerprint density at radius 1 is 1.31 bits per heavy atom. The minimum absolute atomic E-state index is 0.0364. The number of hydrogen-bond acceptors (Lipinski definition) is 5. The van der Waals surface area contributed by atoms with Gasteiger partial charge in [0.15, 0.2) is 6.17 Å². The van der Waals surface area contributed by atoms with E-state index in [1.54, 1.807) is 25.5 Å². The van der Waals surface area contributed by atoms with Gasteiger partial charge < -0.3 is 10.1 Å². The monoisotopic (exact) mass is 511 g/mol. The van der Waals surface area contributed by atoms with E-state index in [1.807, 2.05) is 32.0 Å². The lowest BCUT2D eigenvalue weighted by Crippen LogP contribution is -2.47. The van der Waals surface area contributed by atoms with Gasteiger partial charge in [0.25, 0.3) is 5.91 Å². The summed E-state index contributed by atoms with van der Waals surface area (Å²) in [7, 11) is 1.65. The van der Waals surface area contributed by atoms with Gasteiger partial charge in [-0.1, -0.05) is 23.7 Å². The smallest absolute Gasteiger partial charge is 0.254 e. The third-order valence-corrected chi connectivity index (χ3v) is 6.19. The van der Waals surface area contributed by atoms with E-state index >= 15 is 0 Å². The van der Waals surface area contributed by atoms with Crippen LogP contribution in [-0.4, -0.2) is 39.7 Å². The second-order valence-electron chi connectivity index (χ2n) is 9.09. The molecular formula is C25H25BClF2N5O2. The lowest BCUT2D eigenvalue weighted by atomic mass is 9.72. The topological polar surface area (TPSA) is 81.9 Å². The molecule has 0 spiro atoms. The first kappa shape index (κ1) is 25.6. The highest BCUT2D eigenvalue weighted by atomic mass is 35.5. The highest BCUT2D eigenvalue weighted by molar-refractivity contribution is 6.31. The summed E-state index contributed by atoms with van der Waals surface area (Å²) >= 11 is 6.42. The van der Waals surface area contributed by atoms with E-state index in [2.05, 4.69) is 20.4 Å². The number of aromatic nitrogens is 4. The number of nitrogens with one attached hydrogen (secondary N) is 1. The molecule has 0 aliphatic rings. The average Bonchev–Trinajstić information content (AvgIpc) is 3.22. The zero-order chi connectivity index (χ0) is 26.2. The van der Waals surface area contributed by atoms with Crippen LogP contribution in [0.5, 0.6) is 5.75 Å². The summed E-state index contributed by atoms with van der Waals surface area (Å²) < 4.78 is 35.8. The van der Waals surface area contributed by atoms with E-state index in [-0.39, 0.29) is 11.6 Å². The number of pyridine rings is 1. The summed E-state index contributed by atoms with van der Waals surface area (Å²) in [6.45, 7) is 6.48. The molecule has 7 nitrogen and oxygen atoms in total. The number of fused-ring (bicyclic) bond motifs is 1. The summed E-state index contributed by atoms with van der Waals surface area (Å²) in [5.74, 6) is -0.176. The molecule has 2 heterocycles. The highest BCUT2D eigenvalue weighted by Gasteiger charge is 2.29. The Hall–Kier alpha value is -3.53. The zero-order valence-corrected chi connectivity index (χ0v) is 21.3. The van der Waals surface area contributed by atoms with E-state index in [9.17, 15) is 13.6 Å². The molecule has 4 rings (SSSR count). The van der Waals surface area contributed by atoms with E-state index < -0.39 is 23.3 Å². The third kappa shape index (κ3) is 5.04. The molecular weight excluding hydrogens is 487 g/mol. The molecule has 11 heteroatoms. The molecule has 1 N–H and O–H groups in total. The van der Waals surface area contributed by atoms with Crippen LogP contribution < -0.4 is 10.1 Å². The number of aryl methyl sites for hydroxylation is 2. The maximum Gasteiger partial charge on any atom is 0.254 e. The first-order chi connectivity index (χ1) is 17.0. The van der Waals surface area contributed by atoms with Gasteiger partial charge >= 0.3 is 0 Å². The molecule has 0 bridgehead atoms. The number of carbonyl (C=O) groups excluding carboxylic acids is 1. The van der Waals surface area contributed by atoms with Crippen LogP contribution in [0.4, 0.5) is 8.78 Å². The van der Waals surface area contributed by atoms with E-state index in [0.29, 0.717) is 22.4 Å². The lowest BCUT2D eigenvalue weighted by molar-refractivity contribution is -0.126. The van der Waals surface area contributed by atoms with Gasteiger partial charge in [0.05, 0.1) is 10.7 Å². The number of alkyl halides is 1. The molecule has 0 saturated carbocycles. The van der Waals surface area contributed by atoms with Gasteiger partial charge in [-0.05, 0) is 57.5 Å². The van der Waals surface area contributed by atoms with Crippen LogP contribution in [0.25, 0.3) is 16.6 Å². The fourth-order valence-corrected chi connectivity index (χ4v) is 4.35. The molecule has 2 atom stereocenters. The number of rotatable bonds is 7. The van der Waals surface area contributed by atoms with Crippen molar-refractivity contribution in [2.45, 2.75) is 45.9 Å². The van der Waals surface area contributed by atoms with Crippen molar-refractivity contribution in [1.29, 1.82) is 0 Å². The summed E-state index contributed by atoms with van der Waals surface area (Å²) in [4.78, 5) is 20.9. The Kier molecular flexibility index (Phi) is 7.00. The number of amides is 1. The first-order valence-corrected chi connectivity index (χ1v) is 11.7. The van der Waals surface area contributed by atoms with Crippen molar-refractivity contribution in [3.05, 3.63) is 76.2 Å². The predicted octanol–water partition coefficient (Wildman–Crippen LogP) is 4.08. The molecule has 0 aliphatic heterocycles. The number of nitrogens with zero attached hydrogens (tertiary/aromatic N) is 4. The molecule has 186 valence electrons. The standard InChI is InChI=1S/C25H25BClF2N5O2/c1-13-8-21(34-15(3)30-12-31-34)17-6-5-7-22(23(17)32-13)36-11-18-19(9-16(29)10-20(18)27)25(4,26)33-24(35)14(2)28/h5-10,12,14H,11,26H2,1-4H3,(H,33,35)/t14-,25+/m1/s1. The molecule has 0 aliphatic carbocycles. The number of ether oxygens (including phenoxy) is 1. The van der Waals surface area contributed by atoms with Crippen molar-refractivity contribution >= 4 is 36.3 Å². The van der Waals surface area contributed by atoms with Crippen molar-refractivity contribution in [2.75, 3.05) is 0 Å². The van der Waals surface area contributed by atoms with Crippen LogP contribution in [0.1, 0.15) is 36.5 Å². The lowest BCUT2D eigenvalue weighted by Gasteiger charge is -2.30. The van der Waals surface area contributed by atoms with Crippen molar-refractivity contribution in [2.24, 2.45) is 0 Å². The van der Waals surface area contributed by atoms with Crippen LogP contribution in [0.3, 0.4) is 0 Å². The number of carbonyl (C=O) groups is 1. The second kappa shape index (κ2) is 9.85. The summed E-state index contributed by atoms with van der Waals surface area (Å²) in [6, 6.07) is 9.89. The zero-order valence-electron chi connectivity index (χ0n) is 20.6.